The molecule has 28 heavy (non-hydrogen) atoms. The van der Waals surface area contributed by atoms with E-state index in [0.29, 0.717) is 13.0 Å². The number of carboxylic acid groups (broad SMARTS) is 2. The molecule has 4 unspecified atom stereocenters. The van der Waals surface area contributed by atoms with Crippen molar-refractivity contribution in [3.63, 3.8) is 0 Å². The van der Waals surface area contributed by atoms with Gasteiger partial charge in [-0.25, -0.2) is 4.79 Å². The Labute approximate surface area is 161 Å². The maximum Gasteiger partial charge on any atom is 0.328 e. The number of carboxylic acids is 2. The number of carbonyl (C=O) groups excluding carboxylic acids is 3. The fourth-order valence-corrected chi connectivity index (χ4v) is 2.58. The van der Waals surface area contributed by atoms with Crippen molar-refractivity contribution in [3.8, 4) is 0 Å². The molecule has 1 saturated heterocycles. The van der Waals surface area contributed by atoms with Gasteiger partial charge in [-0.1, -0.05) is 0 Å². The minimum Gasteiger partial charge on any atom is -0.481 e. The van der Waals surface area contributed by atoms with Gasteiger partial charge in [0.25, 0.3) is 0 Å². The standard InChI is InChI=1S/C16H26N4O8/c1-8(13(24)20-11(7-21)16(27)28)18-15(26)10(4-5-12(22)23)19-14(25)9-3-2-6-17-9/h8-11,17,21H,2-7H2,1H3,(H,18,26)(H,19,25)(H,20,24)(H,22,23)(H,27,28). The first-order chi connectivity index (χ1) is 13.1. The molecule has 12 heteroatoms. The minimum absolute atomic E-state index is 0.178. The van der Waals surface area contributed by atoms with Gasteiger partial charge in [0.1, 0.15) is 18.1 Å². The van der Waals surface area contributed by atoms with Crippen LogP contribution < -0.4 is 21.3 Å². The second-order valence-corrected chi connectivity index (χ2v) is 6.45. The van der Waals surface area contributed by atoms with E-state index < -0.39 is 60.4 Å². The van der Waals surface area contributed by atoms with Gasteiger partial charge in [-0.05, 0) is 32.7 Å². The van der Waals surface area contributed by atoms with E-state index in [1.807, 2.05) is 0 Å². The summed E-state index contributed by atoms with van der Waals surface area (Å²) in [5.41, 5.74) is 0. The van der Waals surface area contributed by atoms with E-state index in [2.05, 4.69) is 21.3 Å². The molecular formula is C16H26N4O8. The number of carbonyl (C=O) groups is 5. The molecule has 4 atom stereocenters. The monoisotopic (exact) mass is 402 g/mol. The van der Waals surface area contributed by atoms with Crippen LogP contribution in [-0.4, -0.2) is 82.3 Å². The third kappa shape index (κ3) is 7.48. The van der Waals surface area contributed by atoms with Gasteiger partial charge in [-0.2, -0.15) is 0 Å². The van der Waals surface area contributed by atoms with Crippen LogP contribution in [0.25, 0.3) is 0 Å². The maximum absolute atomic E-state index is 12.4. The smallest absolute Gasteiger partial charge is 0.328 e. The van der Waals surface area contributed by atoms with Gasteiger partial charge < -0.3 is 36.6 Å². The molecule has 12 nitrogen and oxygen atoms in total. The number of hydrogen-bond donors (Lipinski definition) is 7. The first kappa shape index (κ1) is 23.3. The van der Waals surface area contributed by atoms with Crippen LogP contribution in [0.5, 0.6) is 0 Å². The van der Waals surface area contributed by atoms with Gasteiger partial charge in [0.2, 0.25) is 17.7 Å². The fraction of sp³-hybridized carbons (Fsp3) is 0.688. The third-order valence-electron chi connectivity index (χ3n) is 4.21. The summed E-state index contributed by atoms with van der Waals surface area (Å²) < 4.78 is 0. The second kappa shape index (κ2) is 11.2. The molecule has 1 aliphatic heterocycles. The Morgan fingerprint density at radius 3 is 2.21 bits per heavy atom. The summed E-state index contributed by atoms with van der Waals surface area (Å²) in [6.45, 7) is 1.13. The van der Waals surface area contributed by atoms with Gasteiger partial charge in [0.15, 0.2) is 0 Å². The number of hydrogen-bond acceptors (Lipinski definition) is 7. The van der Waals surface area contributed by atoms with Crippen LogP contribution in [0.15, 0.2) is 0 Å². The summed E-state index contributed by atoms with van der Waals surface area (Å²) in [5, 5.41) is 36.4. The first-order valence-corrected chi connectivity index (χ1v) is 8.85. The van der Waals surface area contributed by atoms with Crippen molar-refractivity contribution >= 4 is 29.7 Å². The minimum atomic E-state index is -1.53. The Kier molecular flexibility index (Phi) is 9.32. The summed E-state index contributed by atoms with van der Waals surface area (Å²) in [6.07, 6.45) is 0.845. The SMILES string of the molecule is CC(NC(=O)C(CCC(=O)O)NC(=O)C1CCCN1)C(=O)NC(CO)C(=O)O. The van der Waals surface area contributed by atoms with Crippen molar-refractivity contribution in [2.45, 2.75) is 56.8 Å². The number of aliphatic carboxylic acids is 2. The summed E-state index contributed by atoms with van der Waals surface area (Å²) in [6, 6.07) is -4.34. The lowest BCUT2D eigenvalue weighted by Gasteiger charge is -2.23. The van der Waals surface area contributed by atoms with Gasteiger partial charge in [0.05, 0.1) is 12.6 Å². The van der Waals surface area contributed by atoms with Crippen molar-refractivity contribution in [1.29, 1.82) is 0 Å². The van der Waals surface area contributed by atoms with E-state index in [1.54, 1.807) is 0 Å². The number of rotatable bonds is 11. The zero-order valence-corrected chi connectivity index (χ0v) is 15.4. The lowest BCUT2D eigenvalue weighted by atomic mass is 10.1. The number of aliphatic hydroxyl groups excluding tert-OH is 1. The van der Waals surface area contributed by atoms with Gasteiger partial charge in [-0.15, -0.1) is 0 Å². The molecule has 7 N–H and O–H groups in total. The normalized spacial score (nSPS) is 19.1. The molecule has 0 saturated carbocycles. The molecule has 1 rings (SSSR count). The van der Waals surface area contributed by atoms with Gasteiger partial charge in [0, 0.05) is 6.42 Å². The van der Waals surface area contributed by atoms with E-state index in [4.69, 9.17) is 15.3 Å². The highest BCUT2D eigenvalue weighted by Gasteiger charge is 2.30. The Hall–Kier alpha value is -2.73. The maximum atomic E-state index is 12.4. The highest BCUT2D eigenvalue weighted by Crippen LogP contribution is 2.07. The molecule has 1 heterocycles. The van der Waals surface area contributed by atoms with E-state index in [0.717, 1.165) is 6.42 Å². The highest BCUT2D eigenvalue weighted by atomic mass is 16.4. The molecule has 0 aromatic rings. The molecule has 0 spiro atoms. The number of amides is 3. The summed E-state index contributed by atoms with van der Waals surface area (Å²) in [4.78, 5) is 58.3. The second-order valence-electron chi connectivity index (χ2n) is 6.45. The van der Waals surface area contributed by atoms with Crippen LogP contribution >= 0.6 is 0 Å². The van der Waals surface area contributed by atoms with Crippen LogP contribution in [0, 0.1) is 0 Å². The Morgan fingerprint density at radius 2 is 1.71 bits per heavy atom. The summed E-state index contributed by atoms with van der Waals surface area (Å²) >= 11 is 0. The topological polar surface area (TPSA) is 194 Å². The van der Waals surface area contributed by atoms with Crippen molar-refractivity contribution in [2.24, 2.45) is 0 Å². The quantitative estimate of drug-likeness (QED) is 0.190. The van der Waals surface area contributed by atoms with E-state index in [1.165, 1.54) is 6.92 Å². The average Bonchev–Trinajstić information content (AvgIpc) is 3.16. The molecular weight excluding hydrogens is 376 g/mol. The highest BCUT2D eigenvalue weighted by molar-refractivity contribution is 5.94. The van der Waals surface area contributed by atoms with E-state index >= 15 is 0 Å². The molecule has 0 aliphatic carbocycles. The molecule has 1 aliphatic rings. The van der Waals surface area contributed by atoms with Crippen molar-refractivity contribution < 1.29 is 39.3 Å². The number of aliphatic hydroxyl groups is 1. The Bertz CT molecular complexity index is 605. The molecule has 3 amide bonds. The summed E-state index contributed by atoms with van der Waals surface area (Å²) in [5.74, 6) is -4.65. The van der Waals surface area contributed by atoms with Crippen molar-refractivity contribution in [3.05, 3.63) is 0 Å². The molecule has 158 valence electrons. The largest absolute Gasteiger partial charge is 0.481 e. The molecule has 1 fully saturated rings. The molecule has 0 bridgehead atoms. The van der Waals surface area contributed by atoms with Crippen LogP contribution in [0.2, 0.25) is 0 Å². The summed E-state index contributed by atoms with van der Waals surface area (Å²) in [7, 11) is 0. The lowest BCUT2D eigenvalue weighted by molar-refractivity contribution is -0.143. The lowest BCUT2D eigenvalue weighted by Crippen LogP contribution is -2.56. The van der Waals surface area contributed by atoms with Gasteiger partial charge >= 0.3 is 11.9 Å². The first-order valence-electron chi connectivity index (χ1n) is 8.85. The van der Waals surface area contributed by atoms with Crippen LogP contribution in [0.1, 0.15) is 32.6 Å². The Morgan fingerprint density at radius 1 is 1.04 bits per heavy atom. The fourth-order valence-electron chi connectivity index (χ4n) is 2.58. The predicted molar refractivity (Wildman–Crippen MR) is 94.1 cm³/mol. The predicted octanol–water partition coefficient (Wildman–Crippen LogP) is -2.85. The van der Waals surface area contributed by atoms with E-state index in [-0.39, 0.29) is 12.8 Å². The third-order valence-corrected chi connectivity index (χ3v) is 4.21. The van der Waals surface area contributed by atoms with E-state index in [9.17, 15) is 24.0 Å². The molecule has 0 aromatic carbocycles. The Balaban J connectivity index is 2.69. The average molecular weight is 402 g/mol. The van der Waals surface area contributed by atoms with Gasteiger partial charge in [-0.3, -0.25) is 19.2 Å². The van der Waals surface area contributed by atoms with Crippen LogP contribution in [0.3, 0.4) is 0 Å². The van der Waals surface area contributed by atoms with Crippen LogP contribution in [0.4, 0.5) is 0 Å². The molecule has 0 aromatic heterocycles. The zero-order valence-electron chi connectivity index (χ0n) is 15.4. The zero-order chi connectivity index (χ0) is 21.3. The van der Waals surface area contributed by atoms with Crippen molar-refractivity contribution in [1.82, 2.24) is 21.3 Å². The number of nitrogens with one attached hydrogen (secondary N) is 4. The van der Waals surface area contributed by atoms with Crippen molar-refractivity contribution in [2.75, 3.05) is 13.2 Å². The van der Waals surface area contributed by atoms with Crippen LogP contribution in [-0.2, 0) is 24.0 Å². The molecule has 0 radical (unpaired) electrons.